The Morgan fingerprint density at radius 3 is 2.58 bits per heavy atom. The largest absolute Gasteiger partial charge is 0.339 e. The molecule has 0 atom stereocenters. The van der Waals surface area contributed by atoms with E-state index in [4.69, 9.17) is 0 Å². The van der Waals surface area contributed by atoms with E-state index in [1.807, 2.05) is 0 Å². The van der Waals surface area contributed by atoms with E-state index in [2.05, 4.69) is 0 Å². The molecule has 1 aliphatic rings. The van der Waals surface area contributed by atoms with Crippen LogP contribution in [0.1, 0.15) is 36.0 Å². The summed E-state index contributed by atoms with van der Waals surface area (Å²) in [5.41, 5.74) is -0.461. The van der Waals surface area contributed by atoms with Gasteiger partial charge in [-0.1, -0.05) is 12.8 Å². The Balaban J connectivity index is 2.19. The Kier molecular flexibility index (Phi) is 3.78. The average molecular weight is 266 g/mol. The van der Waals surface area contributed by atoms with Gasteiger partial charge >= 0.3 is 5.69 Å². The molecule has 1 aromatic rings. The molecule has 0 spiro atoms. The predicted octanol–water partition coefficient (Wildman–Crippen LogP) is 2.75. The van der Waals surface area contributed by atoms with Crippen molar-refractivity contribution >= 4 is 11.6 Å². The van der Waals surface area contributed by atoms with Gasteiger partial charge in [0.25, 0.3) is 5.91 Å². The van der Waals surface area contributed by atoms with Crippen molar-refractivity contribution in [2.24, 2.45) is 0 Å². The molecular formula is C13H15FN2O3. The third-order valence-corrected chi connectivity index (χ3v) is 3.58. The van der Waals surface area contributed by atoms with Gasteiger partial charge in [-0.15, -0.1) is 0 Å². The van der Waals surface area contributed by atoms with E-state index >= 15 is 0 Å². The topological polar surface area (TPSA) is 63.5 Å². The quantitative estimate of drug-likeness (QED) is 0.624. The molecule has 1 aromatic carbocycles. The molecule has 19 heavy (non-hydrogen) atoms. The van der Waals surface area contributed by atoms with Crippen molar-refractivity contribution in [1.29, 1.82) is 0 Å². The fourth-order valence-electron chi connectivity index (χ4n) is 2.45. The summed E-state index contributed by atoms with van der Waals surface area (Å²) < 4.78 is 13.5. The third kappa shape index (κ3) is 2.72. The zero-order valence-corrected chi connectivity index (χ0v) is 10.6. The number of nitrogens with zero attached hydrogens (tertiary/aromatic N) is 2. The van der Waals surface area contributed by atoms with Crippen LogP contribution in [-0.2, 0) is 0 Å². The van der Waals surface area contributed by atoms with Gasteiger partial charge in [-0.25, -0.2) is 0 Å². The number of nitro benzene ring substituents is 1. The minimum atomic E-state index is -0.976. The Morgan fingerprint density at radius 1 is 1.42 bits per heavy atom. The molecule has 0 aromatic heterocycles. The summed E-state index contributed by atoms with van der Waals surface area (Å²) in [4.78, 5) is 23.5. The van der Waals surface area contributed by atoms with E-state index in [9.17, 15) is 19.3 Å². The summed E-state index contributed by atoms with van der Waals surface area (Å²) >= 11 is 0. The Morgan fingerprint density at radius 2 is 2.05 bits per heavy atom. The van der Waals surface area contributed by atoms with Crippen molar-refractivity contribution in [3.05, 3.63) is 39.7 Å². The van der Waals surface area contributed by atoms with E-state index in [1.54, 1.807) is 11.9 Å². The van der Waals surface area contributed by atoms with Crippen molar-refractivity contribution in [3.63, 3.8) is 0 Å². The molecule has 102 valence electrons. The van der Waals surface area contributed by atoms with Crippen LogP contribution in [0.5, 0.6) is 0 Å². The van der Waals surface area contributed by atoms with Crippen LogP contribution in [-0.4, -0.2) is 28.8 Å². The van der Waals surface area contributed by atoms with Crippen LogP contribution in [0.2, 0.25) is 0 Å². The lowest BCUT2D eigenvalue weighted by Gasteiger charge is -2.24. The Labute approximate surface area is 110 Å². The number of benzene rings is 1. The van der Waals surface area contributed by atoms with Crippen molar-refractivity contribution < 1.29 is 14.1 Å². The number of amides is 1. The van der Waals surface area contributed by atoms with E-state index < -0.39 is 16.4 Å². The van der Waals surface area contributed by atoms with Crippen LogP contribution in [0.3, 0.4) is 0 Å². The number of carbonyl (C=O) groups is 1. The highest BCUT2D eigenvalue weighted by Gasteiger charge is 2.25. The molecule has 1 amide bonds. The molecule has 1 saturated carbocycles. The zero-order valence-electron chi connectivity index (χ0n) is 10.6. The van der Waals surface area contributed by atoms with Gasteiger partial charge < -0.3 is 4.90 Å². The van der Waals surface area contributed by atoms with Crippen LogP contribution in [0.4, 0.5) is 10.1 Å². The van der Waals surface area contributed by atoms with E-state index in [0.717, 1.165) is 37.8 Å². The smallest absolute Gasteiger partial charge is 0.304 e. The van der Waals surface area contributed by atoms with E-state index in [0.29, 0.717) is 0 Å². The standard InChI is InChI=1S/C13H15FN2O3/c1-15(10-4-2-3-5-10)13(17)9-6-7-12(16(18)19)11(14)8-9/h6-8,10H,2-5H2,1H3. The van der Waals surface area contributed by atoms with Gasteiger partial charge in [0, 0.05) is 24.7 Å². The second-order valence-corrected chi connectivity index (χ2v) is 4.78. The molecule has 6 heteroatoms. The van der Waals surface area contributed by atoms with Crippen molar-refractivity contribution in [2.75, 3.05) is 7.05 Å². The molecule has 1 aliphatic carbocycles. The zero-order chi connectivity index (χ0) is 14.0. The average Bonchev–Trinajstić information content (AvgIpc) is 2.90. The van der Waals surface area contributed by atoms with Gasteiger partial charge in [-0.3, -0.25) is 14.9 Å². The summed E-state index contributed by atoms with van der Waals surface area (Å²) in [6.45, 7) is 0. The molecular weight excluding hydrogens is 251 g/mol. The Bertz CT molecular complexity index is 513. The molecule has 0 aliphatic heterocycles. The Hall–Kier alpha value is -1.98. The summed E-state index contributed by atoms with van der Waals surface area (Å²) in [6, 6.07) is 3.46. The van der Waals surface area contributed by atoms with Gasteiger partial charge in [-0.05, 0) is 25.0 Å². The highest BCUT2D eigenvalue weighted by atomic mass is 19.1. The highest BCUT2D eigenvalue weighted by Crippen LogP contribution is 2.25. The third-order valence-electron chi connectivity index (χ3n) is 3.58. The second kappa shape index (κ2) is 5.34. The lowest BCUT2D eigenvalue weighted by Crippen LogP contribution is -2.35. The molecule has 0 bridgehead atoms. The van der Waals surface area contributed by atoms with Crippen molar-refractivity contribution in [2.45, 2.75) is 31.7 Å². The highest BCUT2D eigenvalue weighted by molar-refractivity contribution is 5.94. The van der Waals surface area contributed by atoms with Crippen LogP contribution < -0.4 is 0 Å². The monoisotopic (exact) mass is 266 g/mol. The number of hydrogen-bond donors (Lipinski definition) is 0. The van der Waals surface area contributed by atoms with Gasteiger partial charge in [-0.2, -0.15) is 4.39 Å². The van der Waals surface area contributed by atoms with Gasteiger partial charge in [0.1, 0.15) is 0 Å². The maximum atomic E-state index is 13.5. The van der Waals surface area contributed by atoms with Crippen LogP contribution in [0.15, 0.2) is 18.2 Å². The van der Waals surface area contributed by atoms with E-state index in [1.165, 1.54) is 6.07 Å². The first-order chi connectivity index (χ1) is 9.00. The number of rotatable bonds is 3. The number of halogens is 1. The number of carbonyl (C=O) groups excluding carboxylic acids is 1. The van der Waals surface area contributed by atoms with Gasteiger partial charge in [0.15, 0.2) is 0 Å². The minimum Gasteiger partial charge on any atom is -0.339 e. The molecule has 5 nitrogen and oxygen atoms in total. The lowest BCUT2D eigenvalue weighted by molar-refractivity contribution is -0.387. The first-order valence-corrected chi connectivity index (χ1v) is 6.22. The number of nitro groups is 1. The summed E-state index contributed by atoms with van der Waals surface area (Å²) in [5, 5.41) is 10.5. The van der Waals surface area contributed by atoms with E-state index in [-0.39, 0.29) is 17.5 Å². The van der Waals surface area contributed by atoms with Crippen LogP contribution in [0, 0.1) is 15.9 Å². The summed E-state index contributed by atoms with van der Waals surface area (Å²) in [7, 11) is 1.69. The lowest BCUT2D eigenvalue weighted by atomic mass is 10.1. The maximum Gasteiger partial charge on any atom is 0.304 e. The fourth-order valence-corrected chi connectivity index (χ4v) is 2.45. The number of hydrogen-bond acceptors (Lipinski definition) is 3. The maximum absolute atomic E-state index is 13.5. The normalized spacial score (nSPS) is 15.5. The minimum absolute atomic E-state index is 0.150. The molecule has 0 saturated heterocycles. The first-order valence-electron chi connectivity index (χ1n) is 6.22. The van der Waals surface area contributed by atoms with Crippen molar-refractivity contribution in [3.8, 4) is 0 Å². The molecule has 2 rings (SSSR count). The fraction of sp³-hybridized carbons (Fsp3) is 0.462. The summed E-state index contributed by atoms with van der Waals surface area (Å²) in [5.74, 6) is -1.27. The molecule has 0 N–H and O–H groups in total. The molecule has 0 unspecified atom stereocenters. The second-order valence-electron chi connectivity index (χ2n) is 4.78. The van der Waals surface area contributed by atoms with Crippen LogP contribution >= 0.6 is 0 Å². The SMILES string of the molecule is CN(C(=O)c1ccc([N+](=O)[O-])c(F)c1)C1CCCC1. The molecule has 1 fully saturated rings. The van der Waals surface area contributed by atoms with Crippen LogP contribution in [0.25, 0.3) is 0 Å². The molecule has 0 radical (unpaired) electrons. The van der Waals surface area contributed by atoms with Gasteiger partial charge in [0.05, 0.1) is 4.92 Å². The summed E-state index contributed by atoms with van der Waals surface area (Å²) in [6.07, 6.45) is 4.10. The van der Waals surface area contributed by atoms with Crippen molar-refractivity contribution in [1.82, 2.24) is 4.90 Å². The predicted molar refractivity (Wildman–Crippen MR) is 67.4 cm³/mol. The first kappa shape index (κ1) is 13.5. The molecule has 0 heterocycles. The van der Waals surface area contributed by atoms with Gasteiger partial charge in [0.2, 0.25) is 5.82 Å².